The second-order valence-corrected chi connectivity index (χ2v) is 5.79. The highest BCUT2D eigenvalue weighted by Crippen LogP contribution is 2.37. The molecule has 0 atom stereocenters. The summed E-state index contributed by atoms with van der Waals surface area (Å²) in [4.78, 5) is 16.4. The molecular weight excluding hydrogens is 314 g/mol. The molecule has 0 spiro atoms. The largest absolute Gasteiger partial charge is 0.386 e. The molecule has 0 radical (unpaired) electrons. The normalized spacial score (nSPS) is 17.2. The lowest BCUT2D eigenvalue weighted by Gasteiger charge is -2.47. The van der Waals surface area contributed by atoms with Crippen LogP contribution in [0.1, 0.15) is 25.3 Å². The second-order valence-electron chi connectivity index (χ2n) is 4.99. The van der Waals surface area contributed by atoms with Gasteiger partial charge in [0, 0.05) is 5.56 Å². The van der Waals surface area contributed by atoms with Crippen LogP contribution in [0.4, 0.5) is 11.5 Å². The predicted octanol–water partition coefficient (Wildman–Crippen LogP) is 2.41. The van der Waals surface area contributed by atoms with Gasteiger partial charge in [0.1, 0.15) is 12.0 Å². The van der Waals surface area contributed by atoms with Crippen LogP contribution >= 0.6 is 15.9 Å². The number of hydrogen-bond donors (Lipinski definition) is 1. The summed E-state index contributed by atoms with van der Waals surface area (Å²) in [5.41, 5.74) is -0.0909. The van der Waals surface area contributed by atoms with Crippen molar-refractivity contribution in [2.75, 3.05) is 18.0 Å². The van der Waals surface area contributed by atoms with Crippen LogP contribution in [0.2, 0.25) is 0 Å². The summed E-state index contributed by atoms with van der Waals surface area (Å²) >= 11 is 3.36. The van der Waals surface area contributed by atoms with Gasteiger partial charge in [0.25, 0.3) is 5.69 Å². The Bertz CT molecular complexity index is 515. The third kappa shape index (κ3) is 2.57. The molecule has 2 heterocycles. The summed E-state index contributed by atoms with van der Waals surface area (Å²) < 4.78 is 0.625. The van der Waals surface area contributed by atoms with Gasteiger partial charge >= 0.3 is 0 Å². The molecule has 0 saturated carbocycles. The quantitative estimate of drug-likeness (QED) is 0.677. The van der Waals surface area contributed by atoms with E-state index in [1.54, 1.807) is 6.92 Å². The maximum absolute atomic E-state index is 10.8. The van der Waals surface area contributed by atoms with E-state index in [0.717, 1.165) is 12.8 Å². The Balaban J connectivity index is 2.20. The number of halogens is 1. The van der Waals surface area contributed by atoms with E-state index in [0.29, 0.717) is 28.9 Å². The summed E-state index contributed by atoms with van der Waals surface area (Å²) in [6.07, 6.45) is 2.96. The van der Waals surface area contributed by atoms with Gasteiger partial charge in [-0.1, -0.05) is 13.3 Å². The first-order valence-electron chi connectivity index (χ1n) is 6.15. The Labute approximate surface area is 119 Å². The first-order valence-corrected chi connectivity index (χ1v) is 6.94. The van der Waals surface area contributed by atoms with Gasteiger partial charge in [-0.3, -0.25) is 10.1 Å². The lowest BCUT2D eigenvalue weighted by molar-refractivity contribution is -0.385. The number of hydrogen-bond acceptors (Lipinski definition) is 5. The summed E-state index contributed by atoms with van der Waals surface area (Å²) in [6, 6.07) is 0. The minimum absolute atomic E-state index is 0.0000293. The molecule has 0 amide bonds. The lowest BCUT2D eigenvalue weighted by Crippen LogP contribution is -2.62. The highest BCUT2D eigenvalue weighted by atomic mass is 79.9. The maximum Gasteiger partial charge on any atom is 0.291 e. The number of pyridine rings is 1. The number of aromatic nitrogens is 1. The molecule has 7 heteroatoms. The standard InChI is InChI=1S/C12H16BrN3O3/c1-3-4-12(17)6-15(7-12)11-10(13)8(2)9(5-14-11)16(18)19/h5,17H,3-4,6-7H2,1-2H3. The molecule has 0 aliphatic carbocycles. The lowest BCUT2D eigenvalue weighted by atomic mass is 9.89. The zero-order chi connectivity index (χ0) is 14.2. The number of rotatable bonds is 4. The van der Waals surface area contributed by atoms with Crippen LogP contribution in [0.15, 0.2) is 10.7 Å². The summed E-state index contributed by atoms with van der Waals surface area (Å²) in [6.45, 7) is 4.75. The average molecular weight is 330 g/mol. The third-order valence-electron chi connectivity index (χ3n) is 3.40. The van der Waals surface area contributed by atoms with Crippen molar-refractivity contribution >= 4 is 27.4 Å². The number of nitrogens with zero attached hydrogens (tertiary/aromatic N) is 3. The molecule has 1 fully saturated rings. The van der Waals surface area contributed by atoms with E-state index < -0.39 is 10.5 Å². The third-order valence-corrected chi connectivity index (χ3v) is 4.35. The van der Waals surface area contributed by atoms with Gasteiger partial charge in [0.05, 0.1) is 28.1 Å². The fourth-order valence-electron chi connectivity index (χ4n) is 2.40. The van der Waals surface area contributed by atoms with Crippen molar-refractivity contribution in [3.05, 3.63) is 26.3 Å². The molecule has 1 aliphatic heterocycles. The van der Waals surface area contributed by atoms with Crippen LogP contribution in [0, 0.1) is 17.0 Å². The van der Waals surface area contributed by atoms with Gasteiger partial charge in [0.15, 0.2) is 0 Å². The highest BCUT2D eigenvalue weighted by molar-refractivity contribution is 9.10. The van der Waals surface area contributed by atoms with Gasteiger partial charge in [0.2, 0.25) is 0 Å². The smallest absolute Gasteiger partial charge is 0.291 e. The fraction of sp³-hybridized carbons (Fsp3) is 0.583. The maximum atomic E-state index is 10.8. The molecule has 2 rings (SSSR count). The van der Waals surface area contributed by atoms with Crippen molar-refractivity contribution in [2.45, 2.75) is 32.3 Å². The monoisotopic (exact) mass is 329 g/mol. The van der Waals surface area contributed by atoms with Gasteiger partial charge in [-0.15, -0.1) is 0 Å². The summed E-state index contributed by atoms with van der Waals surface area (Å²) in [7, 11) is 0. The van der Waals surface area contributed by atoms with E-state index in [-0.39, 0.29) is 5.69 Å². The van der Waals surface area contributed by atoms with Gasteiger partial charge < -0.3 is 10.0 Å². The SMILES string of the molecule is CCCC1(O)CN(c2ncc([N+](=O)[O-])c(C)c2Br)C1. The van der Waals surface area contributed by atoms with Crippen LogP contribution in [-0.2, 0) is 0 Å². The molecular formula is C12H16BrN3O3. The minimum atomic E-state index is -0.647. The second kappa shape index (κ2) is 5.05. The van der Waals surface area contributed by atoms with E-state index >= 15 is 0 Å². The molecule has 6 nitrogen and oxygen atoms in total. The zero-order valence-corrected chi connectivity index (χ0v) is 12.5. The predicted molar refractivity (Wildman–Crippen MR) is 75.4 cm³/mol. The van der Waals surface area contributed by atoms with Crippen molar-refractivity contribution in [1.82, 2.24) is 4.98 Å². The fourth-order valence-corrected chi connectivity index (χ4v) is 2.95. The van der Waals surface area contributed by atoms with Crippen LogP contribution in [-0.4, -0.2) is 33.7 Å². The van der Waals surface area contributed by atoms with Crippen LogP contribution in [0.25, 0.3) is 0 Å². The van der Waals surface area contributed by atoms with Crippen molar-refractivity contribution in [1.29, 1.82) is 0 Å². The highest BCUT2D eigenvalue weighted by Gasteiger charge is 2.42. The van der Waals surface area contributed by atoms with Crippen LogP contribution < -0.4 is 4.90 Å². The van der Waals surface area contributed by atoms with Crippen molar-refractivity contribution in [2.24, 2.45) is 0 Å². The van der Waals surface area contributed by atoms with E-state index in [1.807, 2.05) is 11.8 Å². The summed E-state index contributed by atoms with van der Waals surface area (Å²) in [5.74, 6) is 0.656. The number of nitro groups is 1. The minimum Gasteiger partial charge on any atom is -0.386 e. The Hall–Kier alpha value is -1.21. The van der Waals surface area contributed by atoms with Crippen molar-refractivity contribution in [3.8, 4) is 0 Å². The van der Waals surface area contributed by atoms with Gasteiger partial charge in [-0.05, 0) is 29.3 Å². The zero-order valence-electron chi connectivity index (χ0n) is 10.9. The van der Waals surface area contributed by atoms with Gasteiger partial charge in [-0.25, -0.2) is 4.98 Å². The molecule has 1 aliphatic rings. The van der Waals surface area contributed by atoms with Crippen molar-refractivity contribution < 1.29 is 10.0 Å². The van der Waals surface area contributed by atoms with Gasteiger partial charge in [-0.2, -0.15) is 0 Å². The topological polar surface area (TPSA) is 79.5 Å². The number of aliphatic hydroxyl groups is 1. The average Bonchev–Trinajstić information content (AvgIpc) is 2.29. The molecule has 1 aromatic heterocycles. The molecule has 0 aromatic carbocycles. The molecule has 0 bridgehead atoms. The molecule has 1 saturated heterocycles. The number of anilines is 1. The Morgan fingerprint density at radius 3 is 2.79 bits per heavy atom. The Morgan fingerprint density at radius 1 is 1.63 bits per heavy atom. The molecule has 19 heavy (non-hydrogen) atoms. The Kier molecular flexibility index (Phi) is 3.78. The molecule has 104 valence electrons. The first-order chi connectivity index (χ1) is 8.88. The summed E-state index contributed by atoms with van der Waals surface area (Å²) in [5, 5.41) is 21.0. The molecule has 1 aromatic rings. The van der Waals surface area contributed by atoms with Crippen molar-refractivity contribution in [3.63, 3.8) is 0 Å². The Morgan fingerprint density at radius 2 is 2.26 bits per heavy atom. The number of β-amino-alcohol motifs (C(OH)–C–C–N with tert-alkyl or cyclic N) is 1. The first kappa shape index (κ1) is 14.2. The van der Waals surface area contributed by atoms with Crippen LogP contribution in [0.5, 0.6) is 0 Å². The van der Waals surface area contributed by atoms with E-state index in [9.17, 15) is 15.2 Å². The van der Waals surface area contributed by atoms with E-state index in [2.05, 4.69) is 20.9 Å². The molecule has 0 unspecified atom stereocenters. The van der Waals surface area contributed by atoms with E-state index in [4.69, 9.17) is 0 Å². The van der Waals surface area contributed by atoms with Crippen LogP contribution in [0.3, 0.4) is 0 Å². The molecule has 1 N–H and O–H groups in total. The van der Waals surface area contributed by atoms with E-state index in [1.165, 1.54) is 6.20 Å².